The summed E-state index contributed by atoms with van der Waals surface area (Å²) in [7, 11) is 1.67. The zero-order chi connectivity index (χ0) is 24.5. The normalized spacial score (nSPS) is 11.0. The van der Waals surface area contributed by atoms with Crippen molar-refractivity contribution in [3.63, 3.8) is 0 Å². The molecule has 8 nitrogen and oxygen atoms in total. The molecule has 4 rings (SSSR count). The molecule has 1 amide bonds. The van der Waals surface area contributed by atoms with Crippen molar-refractivity contribution in [2.75, 3.05) is 37.9 Å². The van der Waals surface area contributed by atoms with E-state index in [9.17, 15) is 4.79 Å². The molecule has 2 aromatic carbocycles. The van der Waals surface area contributed by atoms with E-state index in [-0.39, 0.29) is 5.91 Å². The lowest BCUT2D eigenvalue weighted by Gasteiger charge is -2.10. The Hall–Kier alpha value is -3.43. The molecule has 0 saturated heterocycles. The van der Waals surface area contributed by atoms with Crippen LogP contribution < -0.4 is 10.6 Å². The number of rotatable bonds is 12. The highest BCUT2D eigenvalue weighted by atomic mass is 32.2. The summed E-state index contributed by atoms with van der Waals surface area (Å²) in [4.78, 5) is 21.8. The van der Waals surface area contributed by atoms with Crippen LogP contribution in [0.1, 0.15) is 12.5 Å². The van der Waals surface area contributed by atoms with Crippen LogP contribution in [-0.4, -0.2) is 58.2 Å². The number of hydrogen-bond donors (Lipinski definition) is 2. The van der Waals surface area contributed by atoms with Crippen molar-refractivity contribution in [2.24, 2.45) is 0 Å². The second kappa shape index (κ2) is 12.3. The fraction of sp³-hybridized carbons (Fsp3) is 0.308. The molecule has 0 unspecified atom stereocenters. The first-order chi connectivity index (χ1) is 17.2. The zero-order valence-electron chi connectivity index (χ0n) is 20.0. The molecule has 35 heavy (non-hydrogen) atoms. The lowest BCUT2D eigenvalue weighted by molar-refractivity contribution is -0.120. The van der Waals surface area contributed by atoms with Gasteiger partial charge in [-0.2, -0.15) is 5.10 Å². The Morgan fingerprint density at radius 3 is 2.54 bits per heavy atom. The van der Waals surface area contributed by atoms with Crippen molar-refractivity contribution in [1.29, 1.82) is 0 Å². The molecule has 182 valence electrons. The topological polar surface area (TPSA) is 94.0 Å². The van der Waals surface area contributed by atoms with Crippen molar-refractivity contribution >= 4 is 34.5 Å². The quantitative estimate of drug-likeness (QED) is 0.176. The molecule has 0 aliphatic carbocycles. The average Bonchev–Trinajstić information content (AvgIpc) is 3.28. The maximum absolute atomic E-state index is 12.5. The lowest BCUT2D eigenvalue weighted by atomic mass is 10.0. The average molecular weight is 491 g/mol. The predicted molar refractivity (Wildman–Crippen MR) is 141 cm³/mol. The third kappa shape index (κ3) is 6.58. The molecular formula is C26H30N6O2S. The van der Waals surface area contributed by atoms with Gasteiger partial charge in [0, 0.05) is 20.2 Å². The van der Waals surface area contributed by atoms with Crippen LogP contribution in [0.3, 0.4) is 0 Å². The Morgan fingerprint density at radius 1 is 1.03 bits per heavy atom. The number of fused-ring (bicyclic) bond motifs is 1. The fourth-order valence-corrected chi connectivity index (χ4v) is 4.26. The Balaban J connectivity index is 1.35. The zero-order valence-corrected chi connectivity index (χ0v) is 20.8. The third-order valence-corrected chi connectivity index (χ3v) is 6.15. The van der Waals surface area contributed by atoms with E-state index in [1.165, 1.54) is 0 Å². The van der Waals surface area contributed by atoms with E-state index in [1.54, 1.807) is 25.1 Å². The number of thioether (sulfide) groups is 1. The summed E-state index contributed by atoms with van der Waals surface area (Å²) in [5.41, 5.74) is 4.03. The van der Waals surface area contributed by atoms with E-state index in [4.69, 9.17) is 4.74 Å². The summed E-state index contributed by atoms with van der Waals surface area (Å²) >= 11 is 1.58. The number of methoxy groups -OCH3 is 1. The maximum atomic E-state index is 12.5. The number of carbonyl (C=O) groups is 1. The highest BCUT2D eigenvalue weighted by molar-refractivity contribution is 7.99. The summed E-state index contributed by atoms with van der Waals surface area (Å²) in [6.45, 7) is 4.28. The van der Waals surface area contributed by atoms with E-state index >= 15 is 0 Å². The first-order valence-electron chi connectivity index (χ1n) is 11.7. The van der Waals surface area contributed by atoms with Gasteiger partial charge in [0.05, 0.1) is 31.2 Å². The first-order valence-corrected chi connectivity index (χ1v) is 12.7. The minimum absolute atomic E-state index is 0.0207. The molecule has 0 fully saturated rings. The van der Waals surface area contributed by atoms with E-state index in [1.807, 2.05) is 35.0 Å². The number of carbonyl (C=O) groups excluding carboxylic acids is 1. The van der Waals surface area contributed by atoms with E-state index in [0.29, 0.717) is 37.8 Å². The predicted octanol–water partition coefficient (Wildman–Crippen LogP) is 4.02. The van der Waals surface area contributed by atoms with Crippen molar-refractivity contribution in [1.82, 2.24) is 25.1 Å². The molecule has 0 saturated carbocycles. The maximum Gasteiger partial charge on any atom is 0.224 e. The molecule has 2 aromatic heterocycles. The SMILES string of the molecule is CCSc1nc(NCCOC)c2cnn(CCNC(=O)Cc3ccc(-c4ccccc4)cc3)c2n1. The van der Waals surface area contributed by atoms with Gasteiger partial charge < -0.3 is 15.4 Å². The lowest BCUT2D eigenvalue weighted by Crippen LogP contribution is -2.28. The molecule has 4 aromatic rings. The molecule has 0 spiro atoms. The molecule has 2 N–H and O–H groups in total. The molecule has 0 aliphatic rings. The summed E-state index contributed by atoms with van der Waals surface area (Å²) in [5, 5.41) is 12.3. The largest absolute Gasteiger partial charge is 0.383 e. The monoisotopic (exact) mass is 490 g/mol. The number of amides is 1. The number of aromatic nitrogens is 4. The van der Waals surface area contributed by atoms with E-state index in [2.05, 4.69) is 56.9 Å². The molecule has 2 heterocycles. The van der Waals surface area contributed by atoms with Crippen LogP contribution >= 0.6 is 11.8 Å². The van der Waals surface area contributed by atoms with Gasteiger partial charge >= 0.3 is 0 Å². The fourth-order valence-electron chi connectivity index (χ4n) is 3.69. The number of hydrogen-bond acceptors (Lipinski definition) is 7. The minimum atomic E-state index is -0.0207. The molecule has 0 bridgehead atoms. The van der Waals surface area contributed by atoms with Gasteiger partial charge in [-0.3, -0.25) is 4.79 Å². The number of ether oxygens (including phenoxy) is 1. The van der Waals surface area contributed by atoms with Crippen LogP contribution in [0.25, 0.3) is 22.2 Å². The van der Waals surface area contributed by atoms with Gasteiger partial charge in [-0.15, -0.1) is 0 Å². The molecule has 0 aliphatic heterocycles. The van der Waals surface area contributed by atoms with Gasteiger partial charge in [0.25, 0.3) is 0 Å². The van der Waals surface area contributed by atoms with Gasteiger partial charge in [0.1, 0.15) is 5.82 Å². The van der Waals surface area contributed by atoms with E-state index < -0.39 is 0 Å². The van der Waals surface area contributed by atoms with Gasteiger partial charge in [-0.05, 0) is 22.4 Å². The Morgan fingerprint density at radius 2 is 1.80 bits per heavy atom. The third-order valence-electron chi connectivity index (χ3n) is 5.42. The molecule has 0 radical (unpaired) electrons. The van der Waals surface area contributed by atoms with Crippen molar-refractivity contribution in [3.05, 3.63) is 66.4 Å². The van der Waals surface area contributed by atoms with Gasteiger partial charge in [-0.1, -0.05) is 73.3 Å². The van der Waals surface area contributed by atoms with Gasteiger partial charge in [0.15, 0.2) is 10.8 Å². The number of benzene rings is 2. The Kier molecular flexibility index (Phi) is 8.69. The van der Waals surface area contributed by atoms with Crippen LogP contribution in [0.5, 0.6) is 0 Å². The smallest absolute Gasteiger partial charge is 0.224 e. The van der Waals surface area contributed by atoms with Crippen LogP contribution in [0.15, 0.2) is 66.0 Å². The van der Waals surface area contributed by atoms with Crippen LogP contribution in [-0.2, 0) is 22.5 Å². The molecule has 9 heteroatoms. The van der Waals surface area contributed by atoms with Crippen molar-refractivity contribution in [3.8, 4) is 11.1 Å². The minimum Gasteiger partial charge on any atom is -0.383 e. The number of anilines is 1. The standard InChI is InChI=1S/C26H30N6O2S/c1-3-35-26-30-24(28-14-16-34-2)22-18-29-32(25(22)31-26)15-13-27-23(33)17-19-9-11-21(12-10-19)20-7-5-4-6-8-20/h4-12,18H,3,13-17H2,1-2H3,(H,27,33)(H,28,30,31). The van der Waals surface area contributed by atoms with Gasteiger partial charge in [-0.25, -0.2) is 14.6 Å². The summed E-state index contributed by atoms with van der Waals surface area (Å²) in [6.07, 6.45) is 2.10. The van der Waals surface area contributed by atoms with E-state index in [0.717, 1.165) is 39.3 Å². The Labute approximate surface area is 209 Å². The summed E-state index contributed by atoms with van der Waals surface area (Å²) in [5.74, 6) is 1.60. The highest BCUT2D eigenvalue weighted by Gasteiger charge is 2.13. The summed E-state index contributed by atoms with van der Waals surface area (Å²) in [6, 6.07) is 18.3. The Bertz CT molecular complexity index is 1240. The van der Waals surface area contributed by atoms with Crippen molar-refractivity contribution in [2.45, 2.75) is 25.0 Å². The highest BCUT2D eigenvalue weighted by Crippen LogP contribution is 2.24. The van der Waals surface area contributed by atoms with Crippen LogP contribution in [0.4, 0.5) is 5.82 Å². The molecule has 0 atom stereocenters. The van der Waals surface area contributed by atoms with Crippen molar-refractivity contribution < 1.29 is 9.53 Å². The number of nitrogens with zero attached hydrogens (tertiary/aromatic N) is 4. The van der Waals surface area contributed by atoms with Crippen LogP contribution in [0, 0.1) is 0 Å². The number of nitrogens with one attached hydrogen (secondary N) is 2. The second-order valence-corrected chi connectivity index (χ2v) is 9.13. The molecular weight excluding hydrogens is 460 g/mol. The van der Waals surface area contributed by atoms with Gasteiger partial charge in [0.2, 0.25) is 5.91 Å². The van der Waals surface area contributed by atoms with Crippen LogP contribution in [0.2, 0.25) is 0 Å². The first kappa shape index (κ1) is 24.7. The summed E-state index contributed by atoms with van der Waals surface area (Å²) < 4.78 is 6.94. The second-order valence-electron chi connectivity index (χ2n) is 7.90.